The van der Waals surface area contributed by atoms with E-state index in [1.54, 1.807) is 6.92 Å². The van der Waals surface area contributed by atoms with Crippen LogP contribution in [-0.2, 0) is 15.1 Å². The lowest BCUT2D eigenvalue weighted by atomic mass is 10.00. The van der Waals surface area contributed by atoms with E-state index in [0.29, 0.717) is 0 Å². The third-order valence-electron chi connectivity index (χ3n) is 4.71. The van der Waals surface area contributed by atoms with Crippen LogP contribution in [0.25, 0.3) is 0 Å². The van der Waals surface area contributed by atoms with E-state index in [-0.39, 0.29) is 11.7 Å². The summed E-state index contributed by atoms with van der Waals surface area (Å²) in [5.74, 6) is 4.97. The quantitative estimate of drug-likeness (QED) is 0.798. The molecule has 1 fully saturated rings. The van der Waals surface area contributed by atoms with E-state index in [2.05, 4.69) is 37.8 Å². The molecule has 1 unspecified atom stereocenters. The van der Waals surface area contributed by atoms with Gasteiger partial charge in [0.25, 0.3) is 0 Å². The molecule has 3 heteroatoms. The lowest BCUT2D eigenvalue weighted by Crippen LogP contribution is -2.17. The highest BCUT2D eigenvalue weighted by molar-refractivity contribution is 5.75. The number of benzene rings is 2. The van der Waals surface area contributed by atoms with Gasteiger partial charge in [-0.25, -0.2) is 0 Å². The van der Waals surface area contributed by atoms with E-state index in [4.69, 9.17) is 9.84 Å². The first-order valence-electron chi connectivity index (χ1n) is 9.03. The summed E-state index contributed by atoms with van der Waals surface area (Å²) in [5, 5.41) is 9.05. The van der Waals surface area contributed by atoms with Crippen LogP contribution in [0.2, 0.25) is 0 Å². The molecule has 0 spiro atoms. The second-order valence-corrected chi connectivity index (χ2v) is 7.17. The Labute approximate surface area is 155 Å². The Bertz CT molecular complexity index is 832. The molecule has 0 saturated heterocycles. The van der Waals surface area contributed by atoms with Crippen molar-refractivity contribution in [2.24, 2.45) is 0 Å². The van der Waals surface area contributed by atoms with Crippen LogP contribution in [0, 0.1) is 11.8 Å². The number of carbonyl (C=O) groups is 1. The van der Waals surface area contributed by atoms with Gasteiger partial charge in [-0.1, -0.05) is 36.1 Å². The molecule has 0 aliphatic heterocycles. The molecule has 1 atom stereocenters. The SMILES string of the molecule is CC(C)OC1(c2ccc(C#Cc3ccc(C(C)C(=O)O)cc3)cc2)CC1. The van der Waals surface area contributed by atoms with E-state index in [1.807, 2.05) is 36.4 Å². The summed E-state index contributed by atoms with van der Waals surface area (Å²) in [7, 11) is 0. The number of aliphatic carboxylic acids is 1. The van der Waals surface area contributed by atoms with Crippen LogP contribution in [0.1, 0.15) is 61.8 Å². The maximum atomic E-state index is 11.0. The number of carboxylic acid groups (broad SMARTS) is 1. The third kappa shape index (κ3) is 4.15. The van der Waals surface area contributed by atoms with Gasteiger partial charge in [-0.15, -0.1) is 0 Å². The molecule has 2 aromatic carbocycles. The lowest BCUT2D eigenvalue weighted by Gasteiger charge is -2.19. The summed E-state index contributed by atoms with van der Waals surface area (Å²) in [4.78, 5) is 11.0. The van der Waals surface area contributed by atoms with Gasteiger partial charge < -0.3 is 9.84 Å². The fourth-order valence-corrected chi connectivity index (χ4v) is 3.04. The van der Waals surface area contributed by atoms with Crippen molar-refractivity contribution in [2.45, 2.75) is 51.2 Å². The molecule has 134 valence electrons. The van der Waals surface area contributed by atoms with E-state index in [1.165, 1.54) is 5.56 Å². The van der Waals surface area contributed by atoms with Gasteiger partial charge in [0, 0.05) is 11.1 Å². The summed E-state index contributed by atoms with van der Waals surface area (Å²) < 4.78 is 6.07. The van der Waals surface area contributed by atoms with Crippen LogP contribution in [0.15, 0.2) is 48.5 Å². The van der Waals surface area contributed by atoms with Gasteiger partial charge in [-0.05, 0) is 69.0 Å². The van der Waals surface area contributed by atoms with Crippen molar-refractivity contribution < 1.29 is 14.6 Å². The Hall–Kier alpha value is -2.57. The van der Waals surface area contributed by atoms with Gasteiger partial charge >= 0.3 is 5.97 Å². The molecule has 1 aliphatic carbocycles. The van der Waals surface area contributed by atoms with E-state index in [0.717, 1.165) is 29.5 Å². The number of ether oxygens (including phenoxy) is 1. The Kier molecular flexibility index (Phi) is 5.15. The molecule has 0 aromatic heterocycles. The predicted octanol–water partition coefficient (Wildman–Crippen LogP) is 4.69. The monoisotopic (exact) mass is 348 g/mol. The average Bonchev–Trinajstić information content (AvgIpc) is 3.40. The molecule has 1 aliphatic rings. The number of carboxylic acids is 1. The first-order chi connectivity index (χ1) is 12.4. The van der Waals surface area contributed by atoms with Gasteiger partial charge in [-0.2, -0.15) is 0 Å². The van der Waals surface area contributed by atoms with E-state index < -0.39 is 11.9 Å². The standard InChI is InChI=1S/C23H24O3/c1-16(2)26-23(14-15-23)21-12-8-19(9-13-21)5-4-18-6-10-20(11-7-18)17(3)22(24)25/h6-13,16-17H,14-15H2,1-3H3,(H,24,25). The van der Waals surface area contributed by atoms with Gasteiger partial charge in [-0.3, -0.25) is 4.79 Å². The normalized spacial score (nSPS) is 15.8. The van der Waals surface area contributed by atoms with E-state index >= 15 is 0 Å². The second kappa shape index (κ2) is 7.35. The topological polar surface area (TPSA) is 46.5 Å². The minimum absolute atomic E-state index is 0.0865. The predicted molar refractivity (Wildman–Crippen MR) is 102 cm³/mol. The zero-order chi connectivity index (χ0) is 18.7. The summed E-state index contributed by atoms with van der Waals surface area (Å²) >= 11 is 0. The van der Waals surface area contributed by atoms with Crippen LogP contribution < -0.4 is 0 Å². The van der Waals surface area contributed by atoms with Crippen molar-refractivity contribution in [1.29, 1.82) is 0 Å². The van der Waals surface area contributed by atoms with Gasteiger partial charge in [0.15, 0.2) is 0 Å². The van der Waals surface area contributed by atoms with Crippen LogP contribution in [0.3, 0.4) is 0 Å². The molecular weight excluding hydrogens is 324 g/mol. The van der Waals surface area contributed by atoms with Crippen LogP contribution in [-0.4, -0.2) is 17.2 Å². The van der Waals surface area contributed by atoms with Crippen molar-refractivity contribution in [2.75, 3.05) is 0 Å². The number of rotatable bonds is 5. The van der Waals surface area contributed by atoms with Crippen LogP contribution >= 0.6 is 0 Å². The van der Waals surface area contributed by atoms with Crippen molar-refractivity contribution in [1.82, 2.24) is 0 Å². The summed E-state index contributed by atoms with van der Waals surface area (Å²) in [5.41, 5.74) is 3.75. The molecule has 0 amide bonds. The fraction of sp³-hybridized carbons (Fsp3) is 0.348. The Morgan fingerprint density at radius 1 is 0.962 bits per heavy atom. The first-order valence-corrected chi connectivity index (χ1v) is 9.03. The Balaban J connectivity index is 1.70. The molecule has 0 heterocycles. The zero-order valence-corrected chi connectivity index (χ0v) is 15.5. The molecule has 3 rings (SSSR count). The van der Waals surface area contributed by atoms with E-state index in [9.17, 15) is 4.79 Å². The highest BCUT2D eigenvalue weighted by atomic mass is 16.5. The largest absolute Gasteiger partial charge is 0.481 e. The molecule has 3 nitrogen and oxygen atoms in total. The second-order valence-electron chi connectivity index (χ2n) is 7.17. The molecule has 1 saturated carbocycles. The highest BCUT2D eigenvalue weighted by Gasteiger charge is 2.46. The van der Waals surface area contributed by atoms with Crippen molar-refractivity contribution in [3.63, 3.8) is 0 Å². The summed E-state index contributed by atoms with van der Waals surface area (Å²) in [6, 6.07) is 15.7. The fourth-order valence-electron chi connectivity index (χ4n) is 3.04. The zero-order valence-electron chi connectivity index (χ0n) is 15.5. The maximum Gasteiger partial charge on any atom is 0.310 e. The number of hydrogen-bond donors (Lipinski definition) is 1. The minimum Gasteiger partial charge on any atom is -0.481 e. The minimum atomic E-state index is -0.821. The van der Waals surface area contributed by atoms with Gasteiger partial charge in [0.2, 0.25) is 0 Å². The maximum absolute atomic E-state index is 11.0. The first kappa shape index (κ1) is 18.2. The van der Waals surface area contributed by atoms with Crippen LogP contribution in [0.5, 0.6) is 0 Å². The Morgan fingerprint density at radius 2 is 1.46 bits per heavy atom. The van der Waals surface area contributed by atoms with Gasteiger partial charge in [0.05, 0.1) is 17.6 Å². The van der Waals surface area contributed by atoms with Crippen LogP contribution in [0.4, 0.5) is 0 Å². The molecule has 0 bridgehead atoms. The van der Waals surface area contributed by atoms with Crippen molar-refractivity contribution in [3.8, 4) is 11.8 Å². The summed E-state index contributed by atoms with van der Waals surface area (Å²) in [6.07, 6.45) is 2.39. The third-order valence-corrected chi connectivity index (χ3v) is 4.71. The Morgan fingerprint density at radius 3 is 1.88 bits per heavy atom. The highest BCUT2D eigenvalue weighted by Crippen LogP contribution is 2.49. The van der Waals surface area contributed by atoms with Crippen molar-refractivity contribution in [3.05, 3.63) is 70.8 Å². The lowest BCUT2D eigenvalue weighted by molar-refractivity contribution is -0.138. The summed E-state index contributed by atoms with van der Waals surface area (Å²) in [6.45, 7) is 5.82. The average molecular weight is 348 g/mol. The molecule has 26 heavy (non-hydrogen) atoms. The number of hydrogen-bond acceptors (Lipinski definition) is 2. The van der Waals surface area contributed by atoms with Gasteiger partial charge in [0.1, 0.15) is 0 Å². The van der Waals surface area contributed by atoms with Crippen molar-refractivity contribution >= 4 is 5.97 Å². The smallest absolute Gasteiger partial charge is 0.310 e. The molecule has 2 aromatic rings. The molecular formula is C23H24O3. The molecule has 0 radical (unpaired) electrons. The molecule has 1 N–H and O–H groups in total.